The zero-order valence-corrected chi connectivity index (χ0v) is 25.2. The fourth-order valence-electron chi connectivity index (χ4n) is 6.19. The van der Waals surface area contributed by atoms with Crippen molar-refractivity contribution in [2.45, 2.75) is 107 Å². The Hall–Kier alpha value is -0.210. The molecule has 0 unspecified atom stereocenters. The predicted molar refractivity (Wildman–Crippen MR) is 153 cm³/mol. The molecule has 4 rings (SSSR count). The number of sulfone groups is 1. The maximum absolute atomic E-state index is 13.1. The van der Waals surface area contributed by atoms with Crippen LogP contribution in [0.1, 0.15) is 79.6 Å². The maximum Gasteiger partial charge on any atom is 0.178 e. The largest absolute Gasteiger partial charge is 0.346 e. The Bertz CT molecular complexity index is 943. The van der Waals surface area contributed by atoms with Gasteiger partial charge in [0.1, 0.15) is 0 Å². The van der Waals surface area contributed by atoms with Crippen molar-refractivity contribution in [2.24, 2.45) is 23.7 Å². The molecule has 1 spiro atoms. The van der Waals surface area contributed by atoms with Gasteiger partial charge in [-0.05, 0) is 86.3 Å². The Kier molecular flexibility index (Phi) is 9.51. The molecule has 3 saturated heterocycles. The van der Waals surface area contributed by atoms with Crippen molar-refractivity contribution in [2.75, 3.05) is 17.3 Å². The normalized spacial score (nSPS) is 34.8. The Morgan fingerprint density at radius 1 is 1.00 bits per heavy atom. The number of thioether (sulfide) groups is 2. The summed E-state index contributed by atoms with van der Waals surface area (Å²) in [5, 5.41) is 0. The van der Waals surface area contributed by atoms with Crippen LogP contribution in [0.25, 0.3) is 0 Å². The molecule has 0 aromatic heterocycles. The van der Waals surface area contributed by atoms with Crippen molar-refractivity contribution in [3.63, 3.8) is 0 Å². The van der Waals surface area contributed by atoms with Gasteiger partial charge in [0.15, 0.2) is 15.6 Å². The standard InChI is InChI=1S/C29H46O4S3/c1-21-14-16-29(32-26(21)13-12-24(4)28(5)34-18-9-19-35-28)17-15-22(2)27(33-29)23(3)20-36(30,31)25-10-7-6-8-11-25/h6-8,10-11,21-24,26-27H,9,12-20H2,1-5H3/t21-,22+,23-,24+,26+,27-,29-/m1/s1. The van der Waals surface area contributed by atoms with Crippen molar-refractivity contribution >= 4 is 33.4 Å². The highest BCUT2D eigenvalue weighted by atomic mass is 32.2. The zero-order valence-electron chi connectivity index (χ0n) is 22.8. The van der Waals surface area contributed by atoms with E-state index in [0.717, 1.165) is 32.1 Å². The monoisotopic (exact) mass is 554 g/mol. The van der Waals surface area contributed by atoms with E-state index in [1.165, 1.54) is 24.3 Å². The molecule has 1 aromatic carbocycles. The maximum atomic E-state index is 13.1. The van der Waals surface area contributed by atoms with E-state index in [9.17, 15) is 8.42 Å². The minimum absolute atomic E-state index is 0.0934. The van der Waals surface area contributed by atoms with Gasteiger partial charge in [0.25, 0.3) is 0 Å². The molecule has 3 aliphatic rings. The summed E-state index contributed by atoms with van der Waals surface area (Å²) in [5.74, 6) is 3.50. The van der Waals surface area contributed by atoms with Crippen LogP contribution in [-0.4, -0.2) is 47.8 Å². The van der Waals surface area contributed by atoms with Gasteiger partial charge in [0.2, 0.25) is 0 Å². The molecule has 0 aliphatic carbocycles. The highest BCUT2D eigenvalue weighted by Crippen LogP contribution is 2.50. The minimum atomic E-state index is -3.35. The minimum Gasteiger partial charge on any atom is -0.346 e. The molecule has 7 heteroatoms. The Morgan fingerprint density at radius 2 is 1.64 bits per heavy atom. The highest BCUT2D eigenvalue weighted by molar-refractivity contribution is 8.18. The number of hydrogen-bond donors (Lipinski definition) is 0. The van der Waals surface area contributed by atoms with Gasteiger partial charge in [-0.15, -0.1) is 23.5 Å². The molecule has 3 fully saturated rings. The zero-order chi connectivity index (χ0) is 26.0. The lowest BCUT2D eigenvalue weighted by molar-refractivity contribution is -0.337. The van der Waals surface area contributed by atoms with Gasteiger partial charge in [-0.1, -0.05) is 45.9 Å². The molecular weight excluding hydrogens is 509 g/mol. The van der Waals surface area contributed by atoms with Gasteiger partial charge in [-0.25, -0.2) is 8.42 Å². The molecule has 0 bridgehead atoms. The third-order valence-corrected chi connectivity index (χ3v) is 14.5. The van der Waals surface area contributed by atoms with E-state index in [0.29, 0.717) is 26.7 Å². The molecule has 0 saturated carbocycles. The van der Waals surface area contributed by atoms with Crippen LogP contribution in [0.3, 0.4) is 0 Å². The molecule has 4 nitrogen and oxygen atoms in total. The van der Waals surface area contributed by atoms with Crippen LogP contribution in [0.5, 0.6) is 0 Å². The molecule has 3 aliphatic heterocycles. The van der Waals surface area contributed by atoms with Gasteiger partial charge in [-0.3, -0.25) is 0 Å². The number of benzene rings is 1. The fourth-order valence-corrected chi connectivity index (χ4v) is 11.0. The van der Waals surface area contributed by atoms with E-state index >= 15 is 0 Å². The van der Waals surface area contributed by atoms with E-state index in [1.54, 1.807) is 24.3 Å². The Labute approximate surface area is 228 Å². The summed E-state index contributed by atoms with van der Waals surface area (Å²) in [5.41, 5.74) is 0. The third-order valence-electron chi connectivity index (χ3n) is 8.86. The second-order valence-corrected chi connectivity index (χ2v) is 17.2. The molecule has 36 heavy (non-hydrogen) atoms. The Morgan fingerprint density at radius 3 is 2.31 bits per heavy atom. The third kappa shape index (κ3) is 6.67. The summed E-state index contributed by atoms with van der Waals surface area (Å²) in [6.45, 7) is 11.4. The quantitative estimate of drug-likeness (QED) is 0.333. The van der Waals surface area contributed by atoms with E-state index in [4.69, 9.17) is 9.47 Å². The summed E-state index contributed by atoms with van der Waals surface area (Å²) < 4.78 is 40.1. The van der Waals surface area contributed by atoms with E-state index in [1.807, 2.05) is 13.0 Å². The van der Waals surface area contributed by atoms with Crippen LogP contribution in [-0.2, 0) is 19.3 Å². The lowest BCUT2D eigenvalue weighted by atomic mass is 9.81. The van der Waals surface area contributed by atoms with Crippen molar-refractivity contribution in [3.05, 3.63) is 30.3 Å². The number of rotatable bonds is 8. The van der Waals surface area contributed by atoms with Crippen LogP contribution in [0, 0.1) is 23.7 Å². The summed E-state index contributed by atoms with van der Waals surface area (Å²) in [6, 6.07) is 8.81. The first-order valence-electron chi connectivity index (χ1n) is 13.9. The van der Waals surface area contributed by atoms with Crippen LogP contribution in [0.4, 0.5) is 0 Å². The lowest BCUT2D eigenvalue weighted by Crippen LogP contribution is -2.54. The molecule has 3 heterocycles. The van der Waals surface area contributed by atoms with Crippen molar-refractivity contribution in [3.8, 4) is 0 Å². The van der Waals surface area contributed by atoms with Crippen molar-refractivity contribution < 1.29 is 17.9 Å². The van der Waals surface area contributed by atoms with E-state index in [2.05, 4.69) is 51.2 Å². The van der Waals surface area contributed by atoms with E-state index in [-0.39, 0.29) is 23.9 Å². The van der Waals surface area contributed by atoms with Gasteiger partial charge in [0, 0.05) is 12.8 Å². The molecule has 7 atom stereocenters. The van der Waals surface area contributed by atoms with E-state index < -0.39 is 15.6 Å². The summed E-state index contributed by atoms with van der Waals surface area (Å²) >= 11 is 4.27. The van der Waals surface area contributed by atoms with Crippen LogP contribution in [0.2, 0.25) is 0 Å². The smallest absolute Gasteiger partial charge is 0.178 e. The van der Waals surface area contributed by atoms with Gasteiger partial charge >= 0.3 is 0 Å². The molecule has 1 aromatic rings. The molecular formula is C29H46O4S3. The van der Waals surface area contributed by atoms with Crippen LogP contribution in [0.15, 0.2) is 35.2 Å². The average molecular weight is 555 g/mol. The fraction of sp³-hybridized carbons (Fsp3) is 0.793. The van der Waals surface area contributed by atoms with Crippen molar-refractivity contribution in [1.82, 2.24) is 0 Å². The summed E-state index contributed by atoms with van der Waals surface area (Å²) in [7, 11) is -3.35. The molecule has 0 amide bonds. The first-order valence-corrected chi connectivity index (χ1v) is 17.6. The summed E-state index contributed by atoms with van der Waals surface area (Å²) in [6.07, 6.45) is 7.61. The van der Waals surface area contributed by atoms with Gasteiger partial charge in [-0.2, -0.15) is 0 Å². The summed E-state index contributed by atoms with van der Waals surface area (Å²) in [4.78, 5) is 0.398. The first kappa shape index (κ1) is 28.8. The SMILES string of the molecule is C[C@H](CS(=O)(=O)c1ccccc1)[C@@H]1O[C@]2(CC[C@@H](C)[C@H](CC[C@H](C)C3(C)SCCCS3)O2)CC[C@@H]1C. The van der Waals surface area contributed by atoms with Crippen LogP contribution < -0.4 is 0 Å². The molecule has 204 valence electrons. The average Bonchev–Trinajstić information content (AvgIpc) is 2.86. The molecule has 0 N–H and O–H groups in total. The second-order valence-electron chi connectivity index (χ2n) is 11.8. The first-order chi connectivity index (χ1) is 17.0. The van der Waals surface area contributed by atoms with Gasteiger partial charge in [0.05, 0.1) is 26.9 Å². The topological polar surface area (TPSA) is 52.6 Å². The lowest BCUT2D eigenvalue weighted by Gasteiger charge is -2.51. The number of hydrogen-bond acceptors (Lipinski definition) is 6. The van der Waals surface area contributed by atoms with Gasteiger partial charge < -0.3 is 9.47 Å². The molecule has 0 radical (unpaired) electrons. The number of ether oxygens (including phenoxy) is 2. The highest BCUT2D eigenvalue weighted by Gasteiger charge is 2.48. The Balaban J connectivity index is 1.39. The van der Waals surface area contributed by atoms with Crippen molar-refractivity contribution in [1.29, 1.82) is 0 Å². The second kappa shape index (κ2) is 11.9. The predicted octanol–water partition coefficient (Wildman–Crippen LogP) is 7.43. The van der Waals surface area contributed by atoms with Crippen LogP contribution >= 0.6 is 23.5 Å².